The second kappa shape index (κ2) is 4.04. The summed E-state index contributed by atoms with van der Waals surface area (Å²) in [6.07, 6.45) is 7.46. The van der Waals surface area contributed by atoms with E-state index in [0.29, 0.717) is 11.8 Å². The van der Waals surface area contributed by atoms with Gasteiger partial charge in [-0.2, -0.15) is 5.26 Å². The first kappa shape index (κ1) is 11.9. The second-order valence-corrected chi connectivity index (χ2v) is 6.32. The summed E-state index contributed by atoms with van der Waals surface area (Å²) >= 11 is 0. The minimum Gasteiger partial charge on any atom is -0.389 e. The molecule has 0 bridgehead atoms. The second-order valence-electron chi connectivity index (χ2n) is 6.32. The molecule has 0 radical (unpaired) electrons. The molecule has 90 valence electrons. The molecule has 2 aliphatic rings. The Morgan fingerprint density at radius 2 is 2.12 bits per heavy atom. The Balaban J connectivity index is 2.10. The van der Waals surface area contributed by atoms with Crippen LogP contribution in [0.2, 0.25) is 0 Å². The third-order valence-electron chi connectivity index (χ3n) is 4.92. The van der Waals surface area contributed by atoms with Gasteiger partial charge in [0.1, 0.15) is 0 Å². The van der Waals surface area contributed by atoms with Gasteiger partial charge in [0.2, 0.25) is 0 Å². The van der Waals surface area contributed by atoms with Gasteiger partial charge in [-0.3, -0.25) is 0 Å². The van der Waals surface area contributed by atoms with Gasteiger partial charge in [-0.05, 0) is 44.4 Å². The van der Waals surface area contributed by atoms with Crippen molar-refractivity contribution < 1.29 is 5.11 Å². The van der Waals surface area contributed by atoms with Gasteiger partial charge in [0.15, 0.2) is 0 Å². The lowest BCUT2D eigenvalue weighted by Crippen LogP contribution is -2.45. The van der Waals surface area contributed by atoms with E-state index >= 15 is 0 Å². The Bertz CT molecular complexity index is 300. The molecule has 0 aliphatic heterocycles. The summed E-state index contributed by atoms with van der Waals surface area (Å²) in [7, 11) is 0. The normalized spacial score (nSPS) is 38.8. The lowest BCUT2D eigenvalue weighted by molar-refractivity contribution is -0.0643. The van der Waals surface area contributed by atoms with Crippen molar-refractivity contribution in [2.75, 3.05) is 0 Å². The number of hydrogen-bond acceptors (Lipinski definition) is 2. The molecule has 0 aromatic rings. The van der Waals surface area contributed by atoms with E-state index in [-0.39, 0.29) is 0 Å². The molecule has 0 amide bonds. The third-order valence-corrected chi connectivity index (χ3v) is 4.92. The average Bonchev–Trinajstić information content (AvgIpc) is 2.56. The Hall–Kier alpha value is -0.550. The lowest BCUT2D eigenvalue weighted by atomic mass is 9.65. The van der Waals surface area contributed by atoms with Gasteiger partial charge in [-0.15, -0.1) is 0 Å². The molecule has 3 unspecified atom stereocenters. The molecule has 2 aliphatic carbocycles. The van der Waals surface area contributed by atoms with Gasteiger partial charge in [-0.25, -0.2) is 0 Å². The largest absolute Gasteiger partial charge is 0.389 e. The molecule has 2 fully saturated rings. The smallest absolute Gasteiger partial charge is 0.0860 e. The summed E-state index contributed by atoms with van der Waals surface area (Å²) in [5.41, 5.74) is -1.25. The Morgan fingerprint density at radius 1 is 1.44 bits per heavy atom. The van der Waals surface area contributed by atoms with Gasteiger partial charge >= 0.3 is 0 Å². The van der Waals surface area contributed by atoms with Gasteiger partial charge in [0.25, 0.3) is 0 Å². The maximum absolute atomic E-state index is 10.7. The van der Waals surface area contributed by atoms with Crippen LogP contribution in [-0.4, -0.2) is 10.7 Å². The molecule has 16 heavy (non-hydrogen) atoms. The predicted octanol–water partition coefficient (Wildman–Crippen LogP) is 3.26. The van der Waals surface area contributed by atoms with Crippen molar-refractivity contribution in [2.45, 2.75) is 64.4 Å². The fourth-order valence-electron chi connectivity index (χ4n) is 3.46. The first-order valence-electron chi connectivity index (χ1n) is 6.63. The molecule has 0 heterocycles. The van der Waals surface area contributed by atoms with Crippen LogP contribution in [0.3, 0.4) is 0 Å². The SMILES string of the molecule is CC1CCC(C#N)(C(C)(O)CC2CCC2)C1. The molecule has 0 spiro atoms. The summed E-state index contributed by atoms with van der Waals surface area (Å²) in [5, 5.41) is 20.2. The number of nitriles is 1. The van der Waals surface area contributed by atoms with Crippen LogP contribution in [0.5, 0.6) is 0 Å². The van der Waals surface area contributed by atoms with Crippen molar-refractivity contribution in [3.8, 4) is 6.07 Å². The Morgan fingerprint density at radius 3 is 2.50 bits per heavy atom. The molecule has 0 aromatic heterocycles. The van der Waals surface area contributed by atoms with Gasteiger partial charge in [0, 0.05) is 0 Å². The zero-order valence-corrected chi connectivity index (χ0v) is 10.5. The highest BCUT2D eigenvalue weighted by atomic mass is 16.3. The Labute approximate surface area is 98.7 Å². The molecular formula is C14H23NO. The summed E-state index contributed by atoms with van der Waals surface area (Å²) < 4.78 is 0. The van der Waals surface area contributed by atoms with E-state index in [1.54, 1.807) is 0 Å². The fourth-order valence-corrected chi connectivity index (χ4v) is 3.46. The highest BCUT2D eigenvalue weighted by Crippen LogP contribution is 2.52. The fraction of sp³-hybridized carbons (Fsp3) is 0.929. The maximum Gasteiger partial charge on any atom is 0.0860 e. The van der Waals surface area contributed by atoms with Crippen LogP contribution in [0.25, 0.3) is 0 Å². The summed E-state index contributed by atoms with van der Waals surface area (Å²) in [6.45, 7) is 4.09. The lowest BCUT2D eigenvalue weighted by Gasteiger charge is -2.42. The van der Waals surface area contributed by atoms with Crippen LogP contribution >= 0.6 is 0 Å². The minimum absolute atomic E-state index is 0.470. The number of aliphatic hydroxyl groups is 1. The molecular weight excluding hydrogens is 198 g/mol. The van der Waals surface area contributed by atoms with Crippen molar-refractivity contribution in [1.82, 2.24) is 0 Å². The van der Waals surface area contributed by atoms with E-state index < -0.39 is 11.0 Å². The third kappa shape index (κ3) is 1.86. The molecule has 2 saturated carbocycles. The topological polar surface area (TPSA) is 44.0 Å². The molecule has 3 atom stereocenters. The first-order chi connectivity index (χ1) is 7.49. The zero-order chi connectivity index (χ0) is 11.8. The average molecular weight is 221 g/mol. The van der Waals surface area contributed by atoms with Crippen molar-refractivity contribution in [3.63, 3.8) is 0 Å². The standard InChI is InChI=1S/C14H23NO/c1-11-6-7-14(8-11,10-15)13(2,16)9-12-4-3-5-12/h11-12,16H,3-9H2,1-2H3. The molecule has 2 rings (SSSR count). The van der Waals surface area contributed by atoms with Crippen LogP contribution in [0, 0.1) is 28.6 Å². The number of hydrogen-bond donors (Lipinski definition) is 1. The molecule has 0 aromatic carbocycles. The maximum atomic E-state index is 10.7. The van der Waals surface area contributed by atoms with E-state index in [0.717, 1.165) is 25.7 Å². The van der Waals surface area contributed by atoms with E-state index in [1.807, 2.05) is 6.92 Å². The number of rotatable bonds is 3. The molecule has 2 nitrogen and oxygen atoms in total. The van der Waals surface area contributed by atoms with E-state index in [4.69, 9.17) is 0 Å². The van der Waals surface area contributed by atoms with Crippen LogP contribution in [0.1, 0.15) is 58.8 Å². The predicted molar refractivity (Wildman–Crippen MR) is 63.6 cm³/mol. The van der Waals surface area contributed by atoms with Crippen LogP contribution in [0.4, 0.5) is 0 Å². The zero-order valence-electron chi connectivity index (χ0n) is 10.5. The summed E-state index contributed by atoms with van der Waals surface area (Å²) in [6, 6.07) is 2.45. The van der Waals surface area contributed by atoms with Crippen molar-refractivity contribution in [2.24, 2.45) is 17.3 Å². The van der Waals surface area contributed by atoms with Gasteiger partial charge in [0.05, 0.1) is 17.1 Å². The highest BCUT2D eigenvalue weighted by Gasteiger charge is 2.52. The summed E-state index contributed by atoms with van der Waals surface area (Å²) in [5.74, 6) is 1.25. The van der Waals surface area contributed by atoms with Gasteiger partial charge in [-0.1, -0.05) is 26.2 Å². The van der Waals surface area contributed by atoms with E-state index in [2.05, 4.69) is 13.0 Å². The summed E-state index contributed by atoms with van der Waals surface area (Å²) in [4.78, 5) is 0. The van der Waals surface area contributed by atoms with Crippen molar-refractivity contribution in [3.05, 3.63) is 0 Å². The molecule has 0 saturated heterocycles. The molecule has 1 N–H and O–H groups in total. The van der Waals surface area contributed by atoms with Gasteiger partial charge < -0.3 is 5.11 Å². The monoisotopic (exact) mass is 221 g/mol. The quantitative estimate of drug-likeness (QED) is 0.795. The van der Waals surface area contributed by atoms with E-state index in [1.165, 1.54) is 19.3 Å². The van der Waals surface area contributed by atoms with Crippen molar-refractivity contribution in [1.29, 1.82) is 5.26 Å². The highest BCUT2D eigenvalue weighted by molar-refractivity contribution is 5.13. The number of nitrogens with zero attached hydrogens (tertiary/aromatic N) is 1. The van der Waals surface area contributed by atoms with Crippen LogP contribution < -0.4 is 0 Å². The van der Waals surface area contributed by atoms with Crippen LogP contribution in [0.15, 0.2) is 0 Å². The van der Waals surface area contributed by atoms with Crippen molar-refractivity contribution >= 4 is 0 Å². The Kier molecular flexibility index (Phi) is 3.01. The van der Waals surface area contributed by atoms with E-state index in [9.17, 15) is 10.4 Å². The van der Waals surface area contributed by atoms with Crippen LogP contribution in [-0.2, 0) is 0 Å². The molecule has 2 heteroatoms. The minimum atomic E-state index is -0.780. The first-order valence-corrected chi connectivity index (χ1v) is 6.63.